The zero-order valence-corrected chi connectivity index (χ0v) is 31.0. The Kier molecular flexibility index (Phi) is 7.05. The molecule has 1 aromatic heterocycles. The Balaban J connectivity index is 0.845. The van der Waals surface area contributed by atoms with E-state index in [1.165, 1.54) is 76.8 Å². The lowest BCUT2D eigenvalue weighted by molar-refractivity contribution is 0.429. The smallest absolute Gasteiger partial charge is 0.130 e. The normalized spacial score (nSPS) is 14.8. The van der Waals surface area contributed by atoms with Gasteiger partial charge in [-0.25, -0.2) is 0 Å². The Labute approximate surface area is 329 Å². The maximum Gasteiger partial charge on any atom is 0.130 e. The molecule has 1 unspecified atom stereocenters. The topological polar surface area (TPSA) is 35.0 Å². The lowest BCUT2D eigenvalue weighted by atomic mass is 9.86. The highest BCUT2D eigenvalue weighted by molar-refractivity contribution is 6.23. The van der Waals surface area contributed by atoms with Crippen molar-refractivity contribution in [3.8, 4) is 39.1 Å². The number of hydrogen-bond acceptors (Lipinski definition) is 3. The van der Waals surface area contributed by atoms with Gasteiger partial charge in [0.2, 0.25) is 0 Å². The van der Waals surface area contributed by atoms with Crippen LogP contribution >= 0.6 is 0 Å². The first-order valence-electron chi connectivity index (χ1n) is 19.6. The predicted molar refractivity (Wildman–Crippen MR) is 236 cm³/mol. The summed E-state index contributed by atoms with van der Waals surface area (Å²) >= 11 is 0. The van der Waals surface area contributed by atoms with Gasteiger partial charge < -0.3 is 4.74 Å². The van der Waals surface area contributed by atoms with Crippen molar-refractivity contribution in [1.82, 2.24) is 9.97 Å². The van der Waals surface area contributed by atoms with Crippen LogP contribution in [-0.4, -0.2) is 9.97 Å². The molecule has 2 aliphatic rings. The van der Waals surface area contributed by atoms with E-state index in [2.05, 4.69) is 176 Å². The zero-order valence-electron chi connectivity index (χ0n) is 31.0. The Morgan fingerprint density at radius 3 is 1.65 bits per heavy atom. The maximum absolute atomic E-state index is 6.42. The lowest BCUT2D eigenvalue weighted by Crippen LogP contribution is -2.05. The molecule has 0 saturated heterocycles. The third kappa shape index (κ3) is 5.20. The molecule has 0 spiro atoms. The molecule has 1 aliphatic heterocycles. The van der Waals surface area contributed by atoms with E-state index in [-0.39, 0.29) is 0 Å². The van der Waals surface area contributed by atoms with Crippen molar-refractivity contribution in [3.63, 3.8) is 0 Å². The summed E-state index contributed by atoms with van der Waals surface area (Å²) in [7, 11) is 0. The molecule has 1 atom stereocenters. The first-order chi connectivity index (χ1) is 28.2. The van der Waals surface area contributed by atoms with E-state index in [0.29, 0.717) is 5.92 Å². The molecule has 12 rings (SSSR count). The predicted octanol–water partition coefficient (Wildman–Crippen LogP) is 14.1. The summed E-state index contributed by atoms with van der Waals surface area (Å²) in [5, 5.41) is 9.55. The number of aromatic nitrogens is 2. The number of hydrogen-bond donors (Lipinski definition) is 0. The third-order valence-corrected chi connectivity index (χ3v) is 12.1. The monoisotopic (exact) mass is 726 g/mol. The van der Waals surface area contributed by atoms with Crippen LogP contribution in [0.25, 0.3) is 93.1 Å². The fourth-order valence-corrected chi connectivity index (χ4v) is 9.20. The quantitative estimate of drug-likeness (QED) is 0.169. The van der Waals surface area contributed by atoms with Gasteiger partial charge in [-0.3, -0.25) is 9.97 Å². The molecule has 266 valence electrons. The number of rotatable bonds is 4. The molecule has 0 fully saturated rings. The molecule has 9 aromatic carbocycles. The van der Waals surface area contributed by atoms with Crippen LogP contribution in [0.4, 0.5) is 0 Å². The number of benzene rings is 9. The molecule has 0 amide bonds. The van der Waals surface area contributed by atoms with Crippen molar-refractivity contribution in [3.05, 3.63) is 205 Å². The first kappa shape index (κ1) is 31.9. The molecule has 0 N–H and O–H groups in total. The highest BCUT2D eigenvalue weighted by Crippen LogP contribution is 2.48. The molecular formula is C54H34N2O. The van der Waals surface area contributed by atoms with E-state index in [1.54, 1.807) is 12.4 Å². The molecule has 0 bridgehead atoms. The Morgan fingerprint density at radius 2 is 0.947 bits per heavy atom. The fourth-order valence-electron chi connectivity index (χ4n) is 9.20. The van der Waals surface area contributed by atoms with Crippen LogP contribution < -0.4 is 4.74 Å². The molecule has 3 heteroatoms. The second-order valence-corrected chi connectivity index (χ2v) is 15.3. The molecule has 0 saturated carbocycles. The SMILES string of the molecule is C1=CC(c2ccc3cc(-c4ccc5cc(-c6cccc(-c7ccc8c9ccccc9c9nccnc9c8c7)c6)ccc5c4)ccc3c2)=C2Oc3ccccc3C2C1. The molecule has 10 aromatic rings. The van der Waals surface area contributed by atoms with Crippen LogP contribution in [0, 0.1) is 0 Å². The number of allylic oxidation sites excluding steroid dienone is 4. The van der Waals surface area contributed by atoms with Gasteiger partial charge in [-0.1, -0.05) is 133 Å². The number of nitrogens with zero attached hydrogens (tertiary/aromatic N) is 2. The molecule has 3 nitrogen and oxygen atoms in total. The van der Waals surface area contributed by atoms with Crippen LogP contribution in [-0.2, 0) is 0 Å². The van der Waals surface area contributed by atoms with Crippen molar-refractivity contribution in [2.24, 2.45) is 0 Å². The van der Waals surface area contributed by atoms with Crippen LogP contribution in [0.5, 0.6) is 5.75 Å². The van der Waals surface area contributed by atoms with Gasteiger partial charge >= 0.3 is 0 Å². The van der Waals surface area contributed by atoms with Crippen molar-refractivity contribution in [2.45, 2.75) is 12.3 Å². The standard InChI is InChI=1S/C54H34N2O/c1-2-11-48-45(9-1)46-24-23-42(32-50(46)53-52(48)55-25-26-56-53)34-8-5-7-33(27-34)35-15-16-37-29-38(18-17-36(37)28-35)39-19-20-41-31-43(22-21-40(41)30-39)44-12-6-13-49-47-10-3-4-14-51(47)57-54(44)49/h1-12,14-32,49H,13H2. The van der Waals surface area contributed by atoms with Gasteiger partial charge in [0.05, 0.1) is 11.0 Å². The summed E-state index contributed by atoms with van der Waals surface area (Å²) in [5.41, 5.74) is 12.7. The van der Waals surface area contributed by atoms with E-state index < -0.39 is 0 Å². The van der Waals surface area contributed by atoms with E-state index >= 15 is 0 Å². The van der Waals surface area contributed by atoms with Gasteiger partial charge in [-0.15, -0.1) is 0 Å². The number of ether oxygens (including phenoxy) is 1. The minimum Gasteiger partial charge on any atom is -0.460 e. The summed E-state index contributed by atoms with van der Waals surface area (Å²) in [5.74, 6) is 2.36. The Morgan fingerprint density at radius 1 is 0.421 bits per heavy atom. The van der Waals surface area contributed by atoms with Gasteiger partial charge in [0, 0.05) is 40.2 Å². The molecule has 1 aliphatic carbocycles. The number of fused-ring (bicyclic) bond motifs is 11. The number of para-hydroxylation sites is 1. The van der Waals surface area contributed by atoms with Crippen LogP contribution in [0.15, 0.2) is 194 Å². The van der Waals surface area contributed by atoms with Gasteiger partial charge in [-0.2, -0.15) is 0 Å². The van der Waals surface area contributed by atoms with E-state index in [9.17, 15) is 0 Å². The largest absolute Gasteiger partial charge is 0.460 e. The van der Waals surface area contributed by atoms with Crippen molar-refractivity contribution >= 4 is 59.7 Å². The molecule has 57 heavy (non-hydrogen) atoms. The molecule has 0 radical (unpaired) electrons. The minimum atomic E-state index is 0.294. The second kappa shape index (κ2) is 12.6. The van der Waals surface area contributed by atoms with E-state index in [1.807, 2.05) is 0 Å². The maximum atomic E-state index is 6.42. The van der Waals surface area contributed by atoms with Crippen molar-refractivity contribution in [1.29, 1.82) is 0 Å². The average Bonchev–Trinajstić information content (AvgIpc) is 3.67. The van der Waals surface area contributed by atoms with Gasteiger partial charge in [0.15, 0.2) is 0 Å². The summed E-state index contributed by atoms with van der Waals surface area (Å²) in [6.07, 6.45) is 9.06. The highest BCUT2D eigenvalue weighted by atomic mass is 16.5. The summed E-state index contributed by atoms with van der Waals surface area (Å²) in [6, 6.07) is 59.7. The van der Waals surface area contributed by atoms with E-state index in [4.69, 9.17) is 14.7 Å². The van der Waals surface area contributed by atoms with Gasteiger partial charge in [0.25, 0.3) is 0 Å². The Hall–Kier alpha value is -7.36. The summed E-state index contributed by atoms with van der Waals surface area (Å²) in [6.45, 7) is 0. The van der Waals surface area contributed by atoms with Crippen molar-refractivity contribution < 1.29 is 4.74 Å². The highest BCUT2D eigenvalue weighted by Gasteiger charge is 2.32. The zero-order chi connectivity index (χ0) is 37.5. The summed E-state index contributed by atoms with van der Waals surface area (Å²) < 4.78 is 6.42. The van der Waals surface area contributed by atoms with Crippen LogP contribution in [0.2, 0.25) is 0 Å². The molecular weight excluding hydrogens is 693 g/mol. The van der Waals surface area contributed by atoms with Gasteiger partial charge in [-0.05, 0) is 120 Å². The first-order valence-corrected chi connectivity index (χ1v) is 19.6. The summed E-state index contributed by atoms with van der Waals surface area (Å²) in [4.78, 5) is 9.53. The minimum absolute atomic E-state index is 0.294. The van der Waals surface area contributed by atoms with Crippen LogP contribution in [0.1, 0.15) is 23.5 Å². The van der Waals surface area contributed by atoms with Crippen molar-refractivity contribution in [2.75, 3.05) is 0 Å². The lowest BCUT2D eigenvalue weighted by Gasteiger charge is -2.18. The molecule has 2 heterocycles. The van der Waals surface area contributed by atoms with E-state index in [0.717, 1.165) is 45.3 Å². The fraction of sp³-hybridized carbons (Fsp3) is 0.0370. The second-order valence-electron chi connectivity index (χ2n) is 15.3. The Bertz CT molecular complexity index is 3340. The third-order valence-electron chi connectivity index (χ3n) is 12.1. The van der Waals surface area contributed by atoms with Crippen LogP contribution in [0.3, 0.4) is 0 Å². The van der Waals surface area contributed by atoms with Gasteiger partial charge in [0.1, 0.15) is 11.5 Å². The average molecular weight is 727 g/mol.